The van der Waals surface area contributed by atoms with Crippen molar-refractivity contribution in [2.75, 3.05) is 21.3 Å². The van der Waals surface area contributed by atoms with Crippen molar-refractivity contribution in [3.8, 4) is 28.4 Å². The highest BCUT2D eigenvalue weighted by Gasteiger charge is 2.24. The number of methoxy groups -OCH3 is 3. The Morgan fingerprint density at radius 3 is 2.41 bits per heavy atom. The van der Waals surface area contributed by atoms with E-state index in [0.717, 1.165) is 5.56 Å². The smallest absolute Gasteiger partial charge is 0.341 e. The molecule has 0 N–H and O–H groups in total. The molecule has 0 unspecified atom stereocenters. The van der Waals surface area contributed by atoms with Crippen molar-refractivity contribution < 1.29 is 19.0 Å². The molecule has 0 spiro atoms. The first-order chi connectivity index (χ1) is 15.5. The van der Waals surface area contributed by atoms with Gasteiger partial charge < -0.3 is 18.8 Å². The highest BCUT2D eigenvalue weighted by molar-refractivity contribution is 5.96. The summed E-state index contributed by atoms with van der Waals surface area (Å²) in [7, 11) is 4.49. The maximum atomic E-state index is 13.1. The van der Waals surface area contributed by atoms with Crippen LogP contribution in [0.25, 0.3) is 16.9 Å². The average Bonchev–Trinajstić information content (AvgIpc) is 3.18. The van der Waals surface area contributed by atoms with Gasteiger partial charge in [0.15, 0.2) is 11.5 Å². The van der Waals surface area contributed by atoms with Crippen LogP contribution in [0.3, 0.4) is 0 Å². The van der Waals surface area contributed by atoms with E-state index in [4.69, 9.17) is 14.2 Å². The van der Waals surface area contributed by atoms with Gasteiger partial charge in [0, 0.05) is 18.9 Å². The molecule has 2 aromatic carbocycles. The van der Waals surface area contributed by atoms with Crippen molar-refractivity contribution in [1.29, 1.82) is 0 Å². The van der Waals surface area contributed by atoms with Crippen molar-refractivity contribution in [3.05, 3.63) is 82.4 Å². The minimum absolute atomic E-state index is 0.240. The third-order valence-corrected chi connectivity index (χ3v) is 5.24. The van der Waals surface area contributed by atoms with Crippen LogP contribution in [-0.2, 0) is 17.7 Å². The lowest BCUT2D eigenvalue weighted by Gasteiger charge is -2.13. The van der Waals surface area contributed by atoms with Crippen LogP contribution in [0.2, 0.25) is 0 Å². The van der Waals surface area contributed by atoms with E-state index >= 15 is 0 Å². The summed E-state index contributed by atoms with van der Waals surface area (Å²) in [6.07, 6.45) is 4.03. The summed E-state index contributed by atoms with van der Waals surface area (Å²) in [5.74, 6) is 0.752. The van der Waals surface area contributed by atoms with E-state index in [1.165, 1.54) is 11.8 Å². The van der Waals surface area contributed by atoms with Gasteiger partial charge in [-0.05, 0) is 36.2 Å². The van der Waals surface area contributed by atoms with E-state index in [1.807, 2.05) is 41.0 Å². The molecule has 4 rings (SSSR count). The first kappa shape index (κ1) is 21.2. The SMILES string of the molecule is COC(=O)c1cn(CCc2ccc(OC)c(OC)c2)cc2c(=O)n(-c3ccccc3)nc1-2. The molecule has 164 valence electrons. The summed E-state index contributed by atoms with van der Waals surface area (Å²) in [6.45, 7) is 0.533. The number of esters is 1. The molecular formula is C24H23N3O5. The Morgan fingerprint density at radius 2 is 1.72 bits per heavy atom. The molecule has 0 fully saturated rings. The molecule has 2 aliphatic heterocycles. The fourth-order valence-corrected chi connectivity index (χ4v) is 3.59. The van der Waals surface area contributed by atoms with E-state index in [-0.39, 0.29) is 11.1 Å². The van der Waals surface area contributed by atoms with Crippen molar-refractivity contribution in [2.24, 2.45) is 0 Å². The molecule has 8 heteroatoms. The Labute approximate surface area is 184 Å². The van der Waals surface area contributed by atoms with Crippen molar-refractivity contribution in [3.63, 3.8) is 0 Å². The van der Waals surface area contributed by atoms with Crippen LogP contribution < -0.4 is 15.0 Å². The predicted molar refractivity (Wildman–Crippen MR) is 119 cm³/mol. The number of carbonyl (C=O) groups excluding carboxylic acids is 1. The number of para-hydroxylation sites is 1. The number of fused-ring (bicyclic) bond motifs is 1. The number of rotatable bonds is 7. The lowest BCUT2D eigenvalue weighted by molar-refractivity contribution is 0.0600. The van der Waals surface area contributed by atoms with E-state index in [9.17, 15) is 9.59 Å². The van der Waals surface area contributed by atoms with E-state index in [1.54, 1.807) is 38.7 Å². The van der Waals surface area contributed by atoms with Crippen LogP contribution in [-0.4, -0.2) is 41.6 Å². The summed E-state index contributed by atoms with van der Waals surface area (Å²) >= 11 is 0. The first-order valence-electron chi connectivity index (χ1n) is 10.0. The Bertz CT molecular complexity index is 1280. The fraction of sp³-hybridized carbons (Fsp3) is 0.208. The zero-order chi connectivity index (χ0) is 22.7. The summed E-state index contributed by atoms with van der Waals surface area (Å²) in [4.78, 5) is 25.5. The zero-order valence-corrected chi connectivity index (χ0v) is 18.1. The number of ether oxygens (including phenoxy) is 3. The second kappa shape index (κ2) is 8.97. The Morgan fingerprint density at radius 1 is 0.969 bits per heavy atom. The molecule has 32 heavy (non-hydrogen) atoms. The van der Waals surface area contributed by atoms with E-state index in [2.05, 4.69) is 5.10 Å². The minimum atomic E-state index is -0.548. The van der Waals surface area contributed by atoms with Crippen LogP contribution in [0.1, 0.15) is 15.9 Å². The quantitative estimate of drug-likeness (QED) is 0.416. The molecule has 0 amide bonds. The largest absolute Gasteiger partial charge is 0.493 e. The van der Waals surface area contributed by atoms with Gasteiger partial charge in [-0.25, -0.2) is 4.79 Å². The molecule has 0 aliphatic carbocycles. The molecule has 0 aromatic heterocycles. The van der Waals surface area contributed by atoms with Crippen LogP contribution in [0.15, 0.2) is 65.7 Å². The molecule has 0 radical (unpaired) electrons. The lowest BCUT2D eigenvalue weighted by Crippen LogP contribution is -2.16. The van der Waals surface area contributed by atoms with Crippen LogP contribution >= 0.6 is 0 Å². The number of benzene rings is 2. The van der Waals surface area contributed by atoms with Gasteiger partial charge in [0.25, 0.3) is 5.56 Å². The van der Waals surface area contributed by atoms with Gasteiger partial charge in [-0.15, -0.1) is 0 Å². The maximum Gasteiger partial charge on any atom is 0.341 e. The molecule has 8 nitrogen and oxygen atoms in total. The van der Waals surface area contributed by atoms with Gasteiger partial charge in [-0.1, -0.05) is 24.3 Å². The number of carbonyl (C=O) groups is 1. The van der Waals surface area contributed by atoms with Gasteiger partial charge in [0.2, 0.25) is 0 Å². The Hall–Kier alpha value is -4.07. The summed E-state index contributed by atoms with van der Waals surface area (Å²) in [6, 6.07) is 14.8. The molecular weight excluding hydrogens is 410 g/mol. The second-order valence-corrected chi connectivity index (χ2v) is 7.16. The molecule has 2 heterocycles. The van der Waals surface area contributed by atoms with E-state index in [0.29, 0.717) is 41.4 Å². The summed E-state index contributed by atoms with van der Waals surface area (Å²) in [5, 5.41) is 4.41. The molecule has 2 aromatic rings. The Kier molecular flexibility index (Phi) is 5.93. The van der Waals surface area contributed by atoms with Gasteiger partial charge in [0.05, 0.1) is 32.6 Å². The average molecular weight is 433 g/mol. The second-order valence-electron chi connectivity index (χ2n) is 7.16. The molecule has 0 saturated carbocycles. The predicted octanol–water partition coefficient (Wildman–Crippen LogP) is 3.19. The number of aromatic nitrogens is 3. The van der Waals surface area contributed by atoms with E-state index < -0.39 is 5.97 Å². The summed E-state index contributed by atoms with van der Waals surface area (Å²) < 4.78 is 18.7. The third-order valence-electron chi connectivity index (χ3n) is 5.24. The molecule has 0 saturated heterocycles. The summed E-state index contributed by atoms with van der Waals surface area (Å²) in [5.41, 5.74) is 2.26. The van der Waals surface area contributed by atoms with Gasteiger partial charge in [0.1, 0.15) is 11.3 Å². The minimum Gasteiger partial charge on any atom is -0.493 e. The highest BCUT2D eigenvalue weighted by atomic mass is 16.5. The van der Waals surface area contributed by atoms with Gasteiger partial charge in [-0.3, -0.25) is 4.79 Å². The number of aryl methyl sites for hydroxylation is 2. The first-order valence-corrected chi connectivity index (χ1v) is 10.0. The monoisotopic (exact) mass is 433 g/mol. The normalized spacial score (nSPS) is 10.8. The zero-order valence-electron chi connectivity index (χ0n) is 18.1. The molecule has 0 atom stereocenters. The van der Waals surface area contributed by atoms with Crippen molar-refractivity contribution >= 4 is 5.97 Å². The van der Waals surface area contributed by atoms with Crippen LogP contribution in [0.5, 0.6) is 11.5 Å². The number of pyridine rings is 1. The standard InChI is InChI=1S/C24H23N3O5/c1-30-20-10-9-16(13-21(20)31-2)11-12-26-14-18-22(19(15-26)24(29)32-3)25-27(23(18)28)17-7-5-4-6-8-17/h4-10,13-15H,11-12H2,1-3H3. The van der Waals surface area contributed by atoms with Crippen molar-refractivity contribution in [2.45, 2.75) is 13.0 Å². The van der Waals surface area contributed by atoms with Gasteiger partial charge >= 0.3 is 5.97 Å². The highest BCUT2D eigenvalue weighted by Crippen LogP contribution is 2.28. The lowest BCUT2D eigenvalue weighted by atomic mass is 10.1. The van der Waals surface area contributed by atoms with Crippen LogP contribution in [0.4, 0.5) is 0 Å². The molecule has 2 aliphatic rings. The number of hydrogen-bond acceptors (Lipinski definition) is 6. The Balaban J connectivity index is 1.72. The van der Waals surface area contributed by atoms with Crippen molar-refractivity contribution in [1.82, 2.24) is 14.3 Å². The maximum absolute atomic E-state index is 13.1. The van der Waals surface area contributed by atoms with Crippen LogP contribution in [0, 0.1) is 0 Å². The number of hydrogen-bond donors (Lipinski definition) is 0. The fourth-order valence-electron chi connectivity index (χ4n) is 3.59. The third kappa shape index (κ3) is 3.94. The number of nitrogens with zero attached hydrogens (tertiary/aromatic N) is 3. The van der Waals surface area contributed by atoms with Gasteiger partial charge in [-0.2, -0.15) is 9.78 Å². The topological polar surface area (TPSA) is 84.6 Å². The molecule has 0 bridgehead atoms.